The minimum Gasteiger partial charge on any atom is -0.355 e. The van der Waals surface area contributed by atoms with Crippen LogP contribution in [0.4, 0.5) is 5.82 Å². The molecule has 7 heteroatoms. The second-order valence-corrected chi connectivity index (χ2v) is 5.56. The van der Waals surface area contributed by atoms with Crippen LogP contribution in [0, 0.1) is 0 Å². The third kappa shape index (κ3) is 2.78. The number of hydrogen-bond donors (Lipinski definition) is 1. The van der Waals surface area contributed by atoms with Crippen LogP contribution in [-0.2, 0) is 0 Å². The van der Waals surface area contributed by atoms with Gasteiger partial charge in [0.2, 0.25) is 5.82 Å². The van der Waals surface area contributed by atoms with Gasteiger partial charge in [0, 0.05) is 43.3 Å². The number of anilines is 1. The lowest BCUT2D eigenvalue weighted by atomic mass is 10.2. The summed E-state index contributed by atoms with van der Waals surface area (Å²) in [7, 11) is 0. The SMILES string of the molecule is NC1CCN(c2ccc(-c3nc(-c4ccncc4)no3)cn2)C1. The summed E-state index contributed by atoms with van der Waals surface area (Å²) in [6.45, 7) is 1.79. The maximum Gasteiger partial charge on any atom is 0.259 e. The third-order valence-corrected chi connectivity index (χ3v) is 3.91. The molecule has 7 nitrogen and oxygen atoms in total. The van der Waals surface area contributed by atoms with E-state index < -0.39 is 0 Å². The van der Waals surface area contributed by atoms with Crippen molar-refractivity contribution in [1.29, 1.82) is 0 Å². The molecule has 1 aliphatic rings. The molecule has 0 spiro atoms. The molecule has 0 bridgehead atoms. The van der Waals surface area contributed by atoms with Crippen molar-refractivity contribution in [3.8, 4) is 22.8 Å². The molecule has 0 saturated carbocycles. The van der Waals surface area contributed by atoms with Gasteiger partial charge >= 0.3 is 0 Å². The third-order valence-electron chi connectivity index (χ3n) is 3.91. The molecule has 0 aliphatic carbocycles. The first-order valence-electron chi connectivity index (χ1n) is 7.50. The Bertz CT molecular complexity index is 786. The summed E-state index contributed by atoms with van der Waals surface area (Å²) in [5, 5.41) is 4.00. The van der Waals surface area contributed by atoms with Crippen molar-refractivity contribution in [3.05, 3.63) is 42.9 Å². The highest BCUT2D eigenvalue weighted by atomic mass is 16.5. The van der Waals surface area contributed by atoms with E-state index in [4.69, 9.17) is 10.3 Å². The molecule has 0 aromatic carbocycles. The van der Waals surface area contributed by atoms with Gasteiger partial charge in [-0.25, -0.2) is 4.98 Å². The topological polar surface area (TPSA) is 94.0 Å². The van der Waals surface area contributed by atoms with E-state index in [0.29, 0.717) is 11.7 Å². The number of nitrogens with zero attached hydrogens (tertiary/aromatic N) is 5. The maximum atomic E-state index is 5.93. The maximum absolute atomic E-state index is 5.93. The van der Waals surface area contributed by atoms with Crippen LogP contribution >= 0.6 is 0 Å². The summed E-state index contributed by atoms with van der Waals surface area (Å²) in [4.78, 5) is 15.1. The molecule has 116 valence electrons. The standard InChI is InChI=1S/C16H16N6O/c17-13-5-8-22(10-13)14-2-1-12(9-19-14)16-20-15(21-23-16)11-3-6-18-7-4-11/h1-4,6-7,9,13H,5,8,10,17H2. The lowest BCUT2D eigenvalue weighted by Crippen LogP contribution is -2.26. The van der Waals surface area contributed by atoms with Gasteiger partial charge in [-0.15, -0.1) is 0 Å². The lowest BCUT2D eigenvalue weighted by molar-refractivity contribution is 0.432. The van der Waals surface area contributed by atoms with E-state index in [1.165, 1.54) is 0 Å². The van der Waals surface area contributed by atoms with Crippen molar-refractivity contribution in [2.24, 2.45) is 5.73 Å². The molecule has 1 atom stereocenters. The Morgan fingerprint density at radius 1 is 1.13 bits per heavy atom. The van der Waals surface area contributed by atoms with E-state index in [0.717, 1.165) is 36.5 Å². The highest BCUT2D eigenvalue weighted by molar-refractivity contribution is 5.59. The van der Waals surface area contributed by atoms with E-state index in [1.807, 2.05) is 24.3 Å². The number of pyridine rings is 2. The average Bonchev–Trinajstić information content (AvgIpc) is 3.25. The van der Waals surface area contributed by atoms with Gasteiger partial charge in [0.1, 0.15) is 5.82 Å². The van der Waals surface area contributed by atoms with Crippen molar-refractivity contribution < 1.29 is 4.52 Å². The predicted molar refractivity (Wildman–Crippen MR) is 85.6 cm³/mol. The van der Waals surface area contributed by atoms with E-state index in [-0.39, 0.29) is 6.04 Å². The van der Waals surface area contributed by atoms with Crippen LogP contribution in [0.2, 0.25) is 0 Å². The predicted octanol–water partition coefficient (Wildman–Crippen LogP) is 1.73. The lowest BCUT2D eigenvalue weighted by Gasteiger charge is -2.16. The van der Waals surface area contributed by atoms with Crippen molar-refractivity contribution in [2.45, 2.75) is 12.5 Å². The van der Waals surface area contributed by atoms with Crippen LogP contribution in [0.5, 0.6) is 0 Å². The van der Waals surface area contributed by atoms with Crippen molar-refractivity contribution >= 4 is 5.82 Å². The highest BCUT2D eigenvalue weighted by Crippen LogP contribution is 2.24. The summed E-state index contributed by atoms with van der Waals surface area (Å²) in [6.07, 6.45) is 6.15. The molecule has 23 heavy (non-hydrogen) atoms. The number of hydrogen-bond acceptors (Lipinski definition) is 7. The molecule has 1 aliphatic heterocycles. The van der Waals surface area contributed by atoms with Crippen molar-refractivity contribution in [3.63, 3.8) is 0 Å². The molecule has 2 N–H and O–H groups in total. The monoisotopic (exact) mass is 308 g/mol. The van der Waals surface area contributed by atoms with E-state index in [1.54, 1.807) is 18.6 Å². The first kappa shape index (κ1) is 13.8. The summed E-state index contributed by atoms with van der Waals surface area (Å²) < 4.78 is 5.33. The van der Waals surface area contributed by atoms with Gasteiger partial charge in [-0.2, -0.15) is 4.98 Å². The molecule has 4 rings (SSSR count). The summed E-state index contributed by atoms with van der Waals surface area (Å²) in [6, 6.07) is 7.81. The van der Waals surface area contributed by atoms with Crippen molar-refractivity contribution in [1.82, 2.24) is 20.1 Å². The quantitative estimate of drug-likeness (QED) is 0.787. The first-order valence-corrected chi connectivity index (χ1v) is 7.50. The number of aromatic nitrogens is 4. The van der Waals surface area contributed by atoms with E-state index >= 15 is 0 Å². The summed E-state index contributed by atoms with van der Waals surface area (Å²) in [5.74, 6) is 1.92. The van der Waals surface area contributed by atoms with Crippen LogP contribution in [0.25, 0.3) is 22.8 Å². The zero-order valence-corrected chi connectivity index (χ0v) is 12.5. The Kier molecular flexibility index (Phi) is 3.47. The zero-order valence-electron chi connectivity index (χ0n) is 12.5. The Hall–Kier alpha value is -2.80. The molecule has 0 amide bonds. The fourth-order valence-corrected chi connectivity index (χ4v) is 2.65. The molecule has 4 heterocycles. The second-order valence-electron chi connectivity index (χ2n) is 5.56. The minimum atomic E-state index is 0.232. The molecule has 3 aromatic rings. The summed E-state index contributed by atoms with van der Waals surface area (Å²) in [5.41, 5.74) is 7.60. The average molecular weight is 308 g/mol. The Labute approximate surface area is 133 Å². The van der Waals surface area contributed by atoms with Gasteiger partial charge in [0.05, 0.1) is 5.56 Å². The molecule has 3 aromatic heterocycles. The largest absolute Gasteiger partial charge is 0.355 e. The zero-order chi connectivity index (χ0) is 15.6. The van der Waals surface area contributed by atoms with E-state index in [9.17, 15) is 0 Å². The molecular weight excluding hydrogens is 292 g/mol. The second kappa shape index (κ2) is 5.77. The highest BCUT2D eigenvalue weighted by Gasteiger charge is 2.20. The van der Waals surface area contributed by atoms with Gasteiger partial charge in [-0.1, -0.05) is 5.16 Å². The Morgan fingerprint density at radius 3 is 2.70 bits per heavy atom. The van der Waals surface area contributed by atoms with Crippen molar-refractivity contribution in [2.75, 3.05) is 18.0 Å². The molecular formula is C16H16N6O. The smallest absolute Gasteiger partial charge is 0.259 e. The van der Waals surface area contributed by atoms with Crippen LogP contribution in [0.3, 0.4) is 0 Å². The van der Waals surface area contributed by atoms with Gasteiger partial charge in [0.15, 0.2) is 0 Å². The van der Waals surface area contributed by atoms with Crippen LogP contribution in [0.15, 0.2) is 47.4 Å². The number of nitrogens with two attached hydrogens (primary N) is 1. The fraction of sp³-hybridized carbons (Fsp3) is 0.250. The van der Waals surface area contributed by atoms with Gasteiger partial charge < -0.3 is 15.2 Å². The Morgan fingerprint density at radius 2 is 2.00 bits per heavy atom. The normalized spacial score (nSPS) is 17.6. The van der Waals surface area contributed by atoms with Gasteiger partial charge in [-0.3, -0.25) is 4.98 Å². The fourth-order valence-electron chi connectivity index (χ4n) is 2.65. The Balaban J connectivity index is 1.56. The van der Waals surface area contributed by atoms with Gasteiger partial charge in [-0.05, 0) is 30.7 Å². The van der Waals surface area contributed by atoms with Gasteiger partial charge in [0.25, 0.3) is 5.89 Å². The van der Waals surface area contributed by atoms with Crippen LogP contribution in [0.1, 0.15) is 6.42 Å². The molecule has 1 unspecified atom stereocenters. The van der Waals surface area contributed by atoms with Crippen LogP contribution < -0.4 is 10.6 Å². The molecule has 1 fully saturated rings. The first-order chi connectivity index (χ1) is 11.3. The summed E-state index contributed by atoms with van der Waals surface area (Å²) >= 11 is 0. The van der Waals surface area contributed by atoms with E-state index in [2.05, 4.69) is 25.0 Å². The molecule has 0 radical (unpaired) electrons. The molecule has 1 saturated heterocycles. The van der Waals surface area contributed by atoms with Crippen LogP contribution in [-0.4, -0.2) is 39.2 Å². The minimum absolute atomic E-state index is 0.232. The number of rotatable bonds is 3.